The predicted molar refractivity (Wildman–Crippen MR) is 68.3 cm³/mol. The number of hydrogen-bond donors (Lipinski definition) is 4. The highest BCUT2D eigenvalue weighted by Gasteiger charge is 2.17. The Hall–Kier alpha value is -1.11. The summed E-state index contributed by atoms with van der Waals surface area (Å²) in [4.78, 5) is 0. The van der Waals surface area contributed by atoms with Gasteiger partial charge < -0.3 is 21.2 Å². The highest BCUT2D eigenvalue weighted by Crippen LogP contribution is 2.19. The van der Waals surface area contributed by atoms with Gasteiger partial charge in [-0.2, -0.15) is 0 Å². The molecular formula is C11H15BrN2O3. The molecule has 0 bridgehead atoms. The fourth-order valence-electron chi connectivity index (χ4n) is 1.40. The van der Waals surface area contributed by atoms with E-state index in [1.165, 1.54) is 0 Å². The van der Waals surface area contributed by atoms with Crippen LogP contribution in [0.5, 0.6) is 0 Å². The van der Waals surface area contributed by atoms with Gasteiger partial charge in [0.1, 0.15) is 6.10 Å². The smallest absolute Gasteiger partial charge is 0.170 e. The molecule has 1 aromatic rings. The van der Waals surface area contributed by atoms with Gasteiger partial charge in [-0.25, -0.2) is 0 Å². The van der Waals surface area contributed by atoms with Crippen molar-refractivity contribution >= 4 is 21.8 Å². The second-order valence-corrected chi connectivity index (χ2v) is 4.39. The van der Waals surface area contributed by atoms with Crippen molar-refractivity contribution in [1.29, 1.82) is 0 Å². The first-order chi connectivity index (χ1) is 8.10. The number of hydrogen-bond acceptors (Lipinski definition) is 4. The summed E-state index contributed by atoms with van der Waals surface area (Å²) in [6.07, 6.45) is -1.29. The van der Waals surface area contributed by atoms with E-state index in [0.29, 0.717) is 22.9 Å². The molecule has 0 amide bonds. The Morgan fingerprint density at radius 1 is 1.29 bits per heavy atom. The maximum absolute atomic E-state index is 9.83. The number of rotatable bonds is 5. The lowest BCUT2D eigenvalue weighted by atomic mass is 10.0. The van der Waals surface area contributed by atoms with Crippen LogP contribution in [0.4, 0.5) is 0 Å². The molecule has 94 valence electrons. The summed E-state index contributed by atoms with van der Waals surface area (Å²) < 4.78 is 0. The third-order valence-electron chi connectivity index (χ3n) is 2.43. The molecule has 5 nitrogen and oxygen atoms in total. The number of nitrogens with two attached hydrogens (primary N) is 1. The van der Waals surface area contributed by atoms with Crippen molar-refractivity contribution in [2.75, 3.05) is 5.33 Å². The minimum absolute atomic E-state index is 0.00652. The van der Waals surface area contributed by atoms with Crippen LogP contribution in [-0.4, -0.2) is 32.7 Å². The van der Waals surface area contributed by atoms with Crippen LogP contribution in [0.15, 0.2) is 29.4 Å². The predicted octanol–water partition coefficient (Wildman–Crippen LogP) is 0.960. The number of benzene rings is 1. The van der Waals surface area contributed by atoms with Crippen LogP contribution in [0, 0.1) is 0 Å². The molecule has 6 heteroatoms. The van der Waals surface area contributed by atoms with Crippen molar-refractivity contribution in [2.24, 2.45) is 10.9 Å². The lowest BCUT2D eigenvalue weighted by Crippen LogP contribution is -2.19. The molecule has 0 saturated heterocycles. The number of oxime groups is 1. The normalized spacial score (nSPS) is 15.6. The molecular weight excluding hydrogens is 288 g/mol. The summed E-state index contributed by atoms with van der Waals surface area (Å²) in [6, 6.07) is 6.51. The number of aliphatic hydroxyl groups is 2. The van der Waals surface area contributed by atoms with Gasteiger partial charge in [0.15, 0.2) is 5.84 Å². The van der Waals surface area contributed by atoms with Crippen molar-refractivity contribution in [3.63, 3.8) is 0 Å². The second-order valence-electron chi connectivity index (χ2n) is 3.60. The maximum atomic E-state index is 9.83. The van der Waals surface area contributed by atoms with E-state index < -0.39 is 12.2 Å². The number of halogens is 1. The molecule has 2 unspecified atom stereocenters. The summed E-state index contributed by atoms with van der Waals surface area (Å²) in [7, 11) is 0. The SMILES string of the molecule is NC(=NO)c1ccc(C(O)C(O)CCBr)cc1. The number of aliphatic hydroxyl groups excluding tert-OH is 2. The fraction of sp³-hybridized carbons (Fsp3) is 0.364. The van der Waals surface area contributed by atoms with Gasteiger partial charge in [-0.15, -0.1) is 0 Å². The standard InChI is InChI=1S/C11H15BrN2O3/c12-6-5-9(15)10(16)7-1-3-8(4-2-7)11(13)14-17/h1-4,9-10,15-17H,5-6H2,(H2,13,14). The molecule has 0 aromatic heterocycles. The monoisotopic (exact) mass is 302 g/mol. The Morgan fingerprint density at radius 2 is 1.88 bits per heavy atom. The first-order valence-electron chi connectivity index (χ1n) is 5.10. The van der Waals surface area contributed by atoms with Gasteiger partial charge in [-0.1, -0.05) is 45.4 Å². The topological polar surface area (TPSA) is 99.1 Å². The molecule has 0 aliphatic rings. The van der Waals surface area contributed by atoms with E-state index in [0.717, 1.165) is 0 Å². The largest absolute Gasteiger partial charge is 0.409 e. The van der Waals surface area contributed by atoms with E-state index in [2.05, 4.69) is 21.1 Å². The third-order valence-corrected chi connectivity index (χ3v) is 2.88. The first-order valence-corrected chi connectivity index (χ1v) is 6.22. The van der Waals surface area contributed by atoms with Crippen LogP contribution in [0.25, 0.3) is 0 Å². The molecule has 0 fully saturated rings. The second kappa shape index (κ2) is 6.58. The van der Waals surface area contributed by atoms with E-state index in [9.17, 15) is 10.2 Å². The highest BCUT2D eigenvalue weighted by atomic mass is 79.9. The Balaban J connectivity index is 2.80. The van der Waals surface area contributed by atoms with Crippen LogP contribution < -0.4 is 5.73 Å². The number of amidine groups is 1. The fourth-order valence-corrected chi connectivity index (χ4v) is 1.87. The van der Waals surface area contributed by atoms with Gasteiger partial charge in [0.25, 0.3) is 0 Å². The van der Waals surface area contributed by atoms with Gasteiger partial charge in [0.2, 0.25) is 0 Å². The first kappa shape index (κ1) is 14.0. The van der Waals surface area contributed by atoms with Gasteiger partial charge >= 0.3 is 0 Å². The molecule has 2 atom stereocenters. The molecule has 1 aromatic carbocycles. The quantitative estimate of drug-likeness (QED) is 0.214. The summed E-state index contributed by atoms with van der Waals surface area (Å²) in [5.74, 6) is 0.00652. The third kappa shape index (κ3) is 3.69. The van der Waals surface area contributed by atoms with Gasteiger partial charge in [-0.05, 0) is 12.0 Å². The van der Waals surface area contributed by atoms with E-state index >= 15 is 0 Å². The zero-order valence-corrected chi connectivity index (χ0v) is 10.7. The lowest BCUT2D eigenvalue weighted by molar-refractivity contribution is 0.0173. The molecule has 17 heavy (non-hydrogen) atoms. The Kier molecular flexibility index (Phi) is 5.40. The number of nitrogens with zero attached hydrogens (tertiary/aromatic N) is 1. The van der Waals surface area contributed by atoms with Gasteiger partial charge in [0.05, 0.1) is 6.10 Å². The van der Waals surface area contributed by atoms with E-state index in [1.807, 2.05) is 0 Å². The van der Waals surface area contributed by atoms with Gasteiger partial charge in [-0.3, -0.25) is 0 Å². The van der Waals surface area contributed by atoms with Crippen LogP contribution in [0.3, 0.4) is 0 Å². The molecule has 0 spiro atoms. The minimum atomic E-state index is -0.936. The molecule has 0 heterocycles. The van der Waals surface area contributed by atoms with Crippen molar-refractivity contribution < 1.29 is 15.4 Å². The van der Waals surface area contributed by atoms with Crippen LogP contribution >= 0.6 is 15.9 Å². The summed E-state index contributed by atoms with van der Waals surface area (Å²) in [5.41, 5.74) is 6.55. The van der Waals surface area contributed by atoms with Crippen molar-refractivity contribution in [2.45, 2.75) is 18.6 Å². The Morgan fingerprint density at radius 3 is 2.35 bits per heavy atom. The summed E-state index contributed by atoms with van der Waals surface area (Å²) in [6.45, 7) is 0. The van der Waals surface area contributed by atoms with Crippen LogP contribution in [-0.2, 0) is 0 Å². The molecule has 0 radical (unpaired) electrons. The van der Waals surface area contributed by atoms with Crippen LogP contribution in [0.1, 0.15) is 23.7 Å². The zero-order valence-electron chi connectivity index (χ0n) is 9.12. The minimum Gasteiger partial charge on any atom is -0.409 e. The molecule has 0 aliphatic heterocycles. The van der Waals surface area contributed by atoms with Gasteiger partial charge in [0, 0.05) is 10.9 Å². The summed E-state index contributed by atoms with van der Waals surface area (Å²) >= 11 is 3.20. The van der Waals surface area contributed by atoms with Crippen molar-refractivity contribution in [3.8, 4) is 0 Å². The molecule has 5 N–H and O–H groups in total. The average molecular weight is 303 g/mol. The highest BCUT2D eigenvalue weighted by molar-refractivity contribution is 9.09. The molecule has 0 aliphatic carbocycles. The number of alkyl halides is 1. The zero-order chi connectivity index (χ0) is 12.8. The lowest BCUT2D eigenvalue weighted by Gasteiger charge is -2.17. The average Bonchev–Trinajstić information content (AvgIpc) is 2.37. The maximum Gasteiger partial charge on any atom is 0.170 e. The van der Waals surface area contributed by atoms with E-state index in [-0.39, 0.29) is 5.84 Å². The Bertz CT molecular complexity index is 381. The van der Waals surface area contributed by atoms with Crippen molar-refractivity contribution in [1.82, 2.24) is 0 Å². The van der Waals surface area contributed by atoms with Crippen molar-refractivity contribution in [3.05, 3.63) is 35.4 Å². The van der Waals surface area contributed by atoms with Crippen LogP contribution in [0.2, 0.25) is 0 Å². The van der Waals surface area contributed by atoms with E-state index in [4.69, 9.17) is 10.9 Å². The molecule has 1 rings (SSSR count). The Labute approximate surface area is 108 Å². The summed E-state index contributed by atoms with van der Waals surface area (Å²) in [5, 5.41) is 31.4. The molecule has 0 saturated carbocycles. The van der Waals surface area contributed by atoms with E-state index in [1.54, 1.807) is 24.3 Å².